The molecule has 1 aliphatic rings. The van der Waals surface area contributed by atoms with Crippen LogP contribution >= 0.6 is 11.3 Å². The van der Waals surface area contributed by atoms with E-state index in [1.165, 1.54) is 29.7 Å². The van der Waals surface area contributed by atoms with E-state index < -0.39 is 5.97 Å². The largest absolute Gasteiger partial charge is 0.477 e. The lowest BCUT2D eigenvalue weighted by Crippen LogP contribution is -2.30. The summed E-state index contributed by atoms with van der Waals surface area (Å²) in [6, 6.07) is 2.70. The summed E-state index contributed by atoms with van der Waals surface area (Å²) in [5.74, 6) is -1.03. The van der Waals surface area contributed by atoms with Gasteiger partial charge in [-0.15, -0.1) is 11.3 Å². The third-order valence-electron chi connectivity index (χ3n) is 3.52. The summed E-state index contributed by atoms with van der Waals surface area (Å²) in [4.78, 5) is 31.5. The van der Waals surface area contributed by atoms with Crippen molar-refractivity contribution in [2.45, 2.75) is 25.8 Å². The Morgan fingerprint density at radius 1 is 1.45 bits per heavy atom. The Labute approximate surface area is 131 Å². The molecule has 3 rings (SSSR count). The van der Waals surface area contributed by atoms with Gasteiger partial charge in [0.2, 0.25) is 0 Å². The number of aromatic nitrogens is 2. The Kier molecular flexibility index (Phi) is 3.89. The number of carbonyl (C=O) groups excluding carboxylic acids is 1. The van der Waals surface area contributed by atoms with E-state index in [4.69, 9.17) is 5.11 Å². The average molecular weight is 317 g/mol. The molecule has 0 aliphatic heterocycles. The van der Waals surface area contributed by atoms with Gasteiger partial charge in [0.1, 0.15) is 10.7 Å². The zero-order valence-corrected chi connectivity index (χ0v) is 12.8. The highest BCUT2D eigenvalue weighted by molar-refractivity contribution is 7.09. The van der Waals surface area contributed by atoms with Crippen LogP contribution in [-0.2, 0) is 0 Å². The summed E-state index contributed by atoms with van der Waals surface area (Å²) >= 11 is 1.54. The molecule has 6 nitrogen and oxygen atoms in total. The summed E-state index contributed by atoms with van der Waals surface area (Å²) in [6.07, 6.45) is 3.47. The molecule has 114 valence electrons. The van der Waals surface area contributed by atoms with Crippen LogP contribution in [0.1, 0.15) is 50.4 Å². The molecule has 0 saturated heterocycles. The molecule has 1 amide bonds. The Bertz CT molecular complexity index is 724. The van der Waals surface area contributed by atoms with Gasteiger partial charge < -0.3 is 10.4 Å². The lowest BCUT2D eigenvalue weighted by atomic mass is 10.1. The van der Waals surface area contributed by atoms with E-state index in [-0.39, 0.29) is 17.6 Å². The first-order chi connectivity index (χ1) is 10.5. The van der Waals surface area contributed by atoms with Gasteiger partial charge in [-0.1, -0.05) is 0 Å². The molecule has 1 saturated carbocycles. The monoisotopic (exact) mass is 317 g/mol. The average Bonchev–Trinajstić information content (AvgIpc) is 3.26. The predicted octanol–water partition coefficient (Wildman–Crippen LogP) is 2.43. The van der Waals surface area contributed by atoms with Gasteiger partial charge in [-0.05, 0) is 37.8 Å². The number of aromatic carboxylic acids is 1. The number of rotatable bonds is 5. The van der Waals surface area contributed by atoms with Crippen LogP contribution in [0.3, 0.4) is 0 Å². The number of carboxylic acid groups (broad SMARTS) is 1. The molecule has 2 N–H and O–H groups in total. The normalized spacial score (nSPS) is 15.3. The van der Waals surface area contributed by atoms with Crippen LogP contribution < -0.4 is 5.32 Å². The van der Waals surface area contributed by atoms with Crippen LogP contribution in [0.25, 0.3) is 0 Å². The van der Waals surface area contributed by atoms with Crippen molar-refractivity contribution in [3.8, 4) is 0 Å². The second-order valence-corrected chi connectivity index (χ2v) is 6.24. The zero-order valence-electron chi connectivity index (χ0n) is 11.9. The first-order valence-corrected chi connectivity index (χ1v) is 7.85. The number of nitrogens with zero attached hydrogens (tertiary/aromatic N) is 2. The van der Waals surface area contributed by atoms with Crippen LogP contribution in [0.5, 0.6) is 0 Å². The first-order valence-electron chi connectivity index (χ1n) is 6.97. The Balaban J connectivity index is 1.79. The topological polar surface area (TPSA) is 92.2 Å². The van der Waals surface area contributed by atoms with Crippen molar-refractivity contribution >= 4 is 23.2 Å². The minimum atomic E-state index is -1.15. The molecule has 7 heteroatoms. The maximum absolute atomic E-state index is 12.4. The fraction of sp³-hybridized carbons (Fsp3) is 0.333. The summed E-state index contributed by atoms with van der Waals surface area (Å²) in [5, 5.41) is 14.8. The number of hydrogen-bond acceptors (Lipinski definition) is 5. The number of hydrogen-bond donors (Lipinski definition) is 2. The summed E-state index contributed by atoms with van der Waals surface area (Å²) in [7, 11) is 0. The third-order valence-corrected chi connectivity index (χ3v) is 4.57. The maximum atomic E-state index is 12.4. The molecule has 1 aliphatic carbocycles. The summed E-state index contributed by atoms with van der Waals surface area (Å²) in [5.41, 5.74) is 1.10. The van der Waals surface area contributed by atoms with Crippen LogP contribution in [-0.4, -0.2) is 27.0 Å². The van der Waals surface area contributed by atoms with Gasteiger partial charge in [-0.3, -0.25) is 4.79 Å². The molecule has 1 fully saturated rings. The third kappa shape index (κ3) is 3.14. The number of aryl methyl sites for hydroxylation is 1. The van der Waals surface area contributed by atoms with Crippen molar-refractivity contribution in [2.24, 2.45) is 5.92 Å². The fourth-order valence-corrected chi connectivity index (χ4v) is 3.18. The van der Waals surface area contributed by atoms with Crippen molar-refractivity contribution in [2.75, 3.05) is 0 Å². The zero-order chi connectivity index (χ0) is 15.7. The Hall–Kier alpha value is -2.28. The standard InChI is InChI=1S/C15H15N3O3S/c1-8-7-22-14(17-8)12(9-2-3-9)18-13(19)10-4-5-16-11(6-10)15(20)21/h4-7,9,12H,2-3H2,1H3,(H,18,19)(H,20,21)/t12-/m0/s1. The van der Waals surface area contributed by atoms with Crippen LogP contribution in [0.2, 0.25) is 0 Å². The first kappa shape index (κ1) is 14.6. The highest BCUT2D eigenvalue weighted by atomic mass is 32.1. The minimum absolute atomic E-state index is 0.104. The number of pyridine rings is 1. The summed E-state index contributed by atoms with van der Waals surface area (Å²) < 4.78 is 0. The Morgan fingerprint density at radius 2 is 2.23 bits per heavy atom. The SMILES string of the molecule is Cc1csc([C@@H](NC(=O)c2ccnc(C(=O)O)c2)C2CC2)n1. The van der Waals surface area contributed by atoms with Crippen molar-refractivity contribution in [3.05, 3.63) is 45.7 Å². The number of amides is 1. The van der Waals surface area contributed by atoms with E-state index in [1.807, 2.05) is 12.3 Å². The molecule has 2 heterocycles. The maximum Gasteiger partial charge on any atom is 0.354 e. The number of carbonyl (C=O) groups is 2. The second-order valence-electron chi connectivity index (χ2n) is 5.35. The minimum Gasteiger partial charge on any atom is -0.477 e. The molecule has 2 aromatic heterocycles. The lowest BCUT2D eigenvalue weighted by Gasteiger charge is -2.16. The van der Waals surface area contributed by atoms with Gasteiger partial charge in [0.05, 0.1) is 6.04 Å². The second kappa shape index (κ2) is 5.84. The van der Waals surface area contributed by atoms with E-state index in [0.29, 0.717) is 11.5 Å². The number of thiazole rings is 1. The van der Waals surface area contributed by atoms with Gasteiger partial charge >= 0.3 is 5.97 Å². The van der Waals surface area contributed by atoms with Crippen molar-refractivity contribution < 1.29 is 14.7 Å². The van der Waals surface area contributed by atoms with Crippen LogP contribution in [0, 0.1) is 12.8 Å². The van der Waals surface area contributed by atoms with Gasteiger partial charge in [0, 0.05) is 22.8 Å². The number of carboxylic acids is 1. The van der Waals surface area contributed by atoms with E-state index in [2.05, 4.69) is 15.3 Å². The molecule has 22 heavy (non-hydrogen) atoms. The quantitative estimate of drug-likeness (QED) is 0.883. The molecule has 0 radical (unpaired) electrons. The highest BCUT2D eigenvalue weighted by Gasteiger charge is 2.35. The lowest BCUT2D eigenvalue weighted by molar-refractivity contribution is 0.0690. The smallest absolute Gasteiger partial charge is 0.354 e. The molecule has 0 unspecified atom stereocenters. The molecular formula is C15H15N3O3S. The van der Waals surface area contributed by atoms with Gasteiger partial charge in [0.15, 0.2) is 0 Å². The van der Waals surface area contributed by atoms with E-state index in [9.17, 15) is 9.59 Å². The van der Waals surface area contributed by atoms with E-state index in [0.717, 1.165) is 23.5 Å². The van der Waals surface area contributed by atoms with Crippen molar-refractivity contribution in [1.29, 1.82) is 0 Å². The molecule has 0 aromatic carbocycles. The van der Waals surface area contributed by atoms with Crippen molar-refractivity contribution in [3.63, 3.8) is 0 Å². The molecule has 1 atom stereocenters. The van der Waals surface area contributed by atoms with Gasteiger partial charge in [0.25, 0.3) is 5.91 Å². The van der Waals surface area contributed by atoms with E-state index >= 15 is 0 Å². The van der Waals surface area contributed by atoms with Gasteiger partial charge in [-0.25, -0.2) is 14.8 Å². The fourth-order valence-electron chi connectivity index (χ4n) is 2.24. The molecule has 2 aromatic rings. The predicted molar refractivity (Wildman–Crippen MR) is 81.0 cm³/mol. The van der Waals surface area contributed by atoms with Crippen LogP contribution in [0.15, 0.2) is 23.7 Å². The highest BCUT2D eigenvalue weighted by Crippen LogP contribution is 2.41. The number of nitrogens with one attached hydrogen (secondary N) is 1. The molecule has 0 bridgehead atoms. The van der Waals surface area contributed by atoms with Crippen LogP contribution in [0.4, 0.5) is 0 Å². The summed E-state index contributed by atoms with van der Waals surface area (Å²) in [6.45, 7) is 1.92. The van der Waals surface area contributed by atoms with Gasteiger partial charge in [-0.2, -0.15) is 0 Å². The Morgan fingerprint density at radius 3 is 2.82 bits per heavy atom. The van der Waals surface area contributed by atoms with Crippen molar-refractivity contribution in [1.82, 2.24) is 15.3 Å². The van der Waals surface area contributed by atoms with E-state index in [1.54, 1.807) is 0 Å². The molecular weight excluding hydrogens is 302 g/mol. The molecule has 0 spiro atoms.